The summed E-state index contributed by atoms with van der Waals surface area (Å²) in [5.41, 5.74) is 6.70. The maximum Gasteiger partial charge on any atom is 0.123 e. The highest BCUT2D eigenvalue weighted by Crippen LogP contribution is 2.40. The average Bonchev–Trinajstić information content (AvgIpc) is 3.35. The van der Waals surface area contributed by atoms with Gasteiger partial charge in [-0.2, -0.15) is 0 Å². The molecule has 2 aliphatic heterocycles. The van der Waals surface area contributed by atoms with Gasteiger partial charge in [-0.25, -0.2) is 4.39 Å². The van der Waals surface area contributed by atoms with Crippen LogP contribution in [0.2, 0.25) is 0 Å². The number of benzene rings is 1. The third-order valence-corrected chi connectivity index (χ3v) is 5.78. The molecule has 1 aromatic carbocycles. The predicted molar refractivity (Wildman–Crippen MR) is 107 cm³/mol. The lowest BCUT2D eigenvalue weighted by Crippen LogP contribution is -2.32. The van der Waals surface area contributed by atoms with Gasteiger partial charge in [0.1, 0.15) is 5.82 Å². The van der Waals surface area contributed by atoms with E-state index in [9.17, 15) is 4.39 Å². The molecule has 1 fully saturated rings. The van der Waals surface area contributed by atoms with E-state index in [1.807, 2.05) is 30.6 Å². The summed E-state index contributed by atoms with van der Waals surface area (Å²) < 4.78 is 13.9. The Bertz CT molecular complexity index is 990. The highest BCUT2D eigenvalue weighted by Gasteiger charge is 2.28. The van der Waals surface area contributed by atoms with Crippen LogP contribution in [0, 0.1) is 5.82 Å². The van der Waals surface area contributed by atoms with Gasteiger partial charge in [0.15, 0.2) is 0 Å². The van der Waals surface area contributed by atoms with Gasteiger partial charge in [-0.3, -0.25) is 9.88 Å². The monoisotopic (exact) mass is 359 g/mol. The number of hydrogen-bond acceptors (Lipinski definition) is 2. The molecule has 3 nitrogen and oxygen atoms in total. The first-order valence-electron chi connectivity index (χ1n) is 9.62. The Morgan fingerprint density at radius 3 is 2.81 bits per heavy atom. The highest BCUT2D eigenvalue weighted by molar-refractivity contribution is 5.91. The summed E-state index contributed by atoms with van der Waals surface area (Å²) in [7, 11) is 0. The van der Waals surface area contributed by atoms with Crippen LogP contribution in [0.4, 0.5) is 4.39 Å². The van der Waals surface area contributed by atoms with Crippen LogP contribution in [0.15, 0.2) is 61.1 Å². The van der Waals surface area contributed by atoms with Gasteiger partial charge in [-0.05, 0) is 61.2 Å². The van der Waals surface area contributed by atoms with E-state index in [1.165, 1.54) is 36.6 Å². The first-order chi connectivity index (χ1) is 13.3. The van der Waals surface area contributed by atoms with Gasteiger partial charge in [-0.15, -0.1) is 0 Å². The van der Waals surface area contributed by atoms with Crippen molar-refractivity contribution >= 4 is 5.57 Å². The topological polar surface area (TPSA) is 31.9 Å². The molecule has 27 heavy (non-hydrogen) atoms. The fraction of sp³-hybridized carbons (Fsp3) is 0.261. The van der Waals surface area contributed by atoms with Crippen molar-refractivity contribution in [3.05, 3.63) is 72.4 Å². The van der Waals surface area contributed by atoms with Gasteiger partial charge in [-0.1, -0.05) is 18.2 Å². The smallest absolute Gasteiger partial charge is 0.123 e. The average molecular weight is 359 g/mol. The van der Waals surface area contributed by atoms with E-state index >= 15 is 0 Å². The summed E-state index contributed by atoms with van der Waals surface area (Å²) in [6, 6.07) is 11.4. The summed E-state index contributed by atoms with van der Waals surface area (Å²) in [6.07, 6.45) is 11.7. The molecule has 2 aliphatic rings. The number of nitrogens with one attached hydrogen (secondary N) is 1. The first-order valence-corrected chi connectivity index (χ1v) is 9.62. The van der Waals surface area contributed by atoms with E-state index in [0.29, 0.717) is 6.04 Å². The second kappa shape index (κ2) is 6.78. The molecule has 0 amide bonds. The lowest BCUT2D eigenvalue weighted by Gasteiger charge is -2.28. The minimum Gasteiger partial charge on any atom is -0.360 e. The molecule has 1 unspecified atom stereocenters. The van der Waals surface area contributed by atoms with Crippen molar-refractivity contribution < 1.29 is 4.39 Å². The molecule has 0 aliphatic carbocycles. The van der Waals surface area contributed by atoms with Gasteiger partial charge >= 0.3 is 0 Å². The summed E-state index contributed by atoms with van der Waals surface area (Å²) in [4.78, 5) is 10.2. The van der Waals surface area contributed by atoms with Crippen LogP contribution in [0.1, 0.15) is 24.8 Å². The largest absolute Gasteiger partial charge is 0.360 e. The number of fused-ring (bicyclic) bond motifs is 1. The molecule has 0 bridgehead atoms. The van der Waals surface area contributed by atoms with Gasteiger partial charge in [0, 0.05) is 47.9 Å². The summed E-state index contributed by atoms with van der Waals surface area (Å²) in [5.74, 6) is -0.220. The van der Waals surface area contributed by atoms with Crippen LogP contribution in [0.25, 0.3) is 28.0 Å². The molecular formula is C23H22FN3. The Labute approximate surface area is 158 Å². The fourth-order valence-corrected chi connectivity index (χ4v) is 4.49. The molecular weight excluding hydrogens is 337 g/mol. The van der Waals surface area contributed by atoms with Crippen LogP contribution < -0.4 is 0 Å². The standard InChI is InChI=1S/C23H22FN3/c24-19-4-1-3-18(13-19)23-22(16-6-9-25-10-7-16)21(15-26-23)17-8-12-27-11-2-5-20(27)14-17/h1,3-4,6-7,9-10,13-15,20,26H,2,5,8,11-12H2. The SMILES string of the molecule is Fc1cccc(-c2[nH]cc(C3=CC4CCCN4CC3)c2-c2ccncc2)c1. The first kappa shape index (κ1) is 16.5. The maximum absolute atomic E-state index is 13.9. The number of nitrogens with zero attached hydrogens (tertiary/aromatic N) is 2. The molecule has 0 saturated carbocycles. The zero-order chi connectivity index (χ0) is 18.2. The molecule has 2 aromatic heterocycles. The van der Waals surface area contributed by atoms with E-state index in [2.05, 4.69) is 27.1 Å². The predicted octanol–water partition coefficient (Wildman–Crippen LogP) is 5.13. The number of halogens is 1. The van der Waals surface area contributed by atoms with Crippen molar-refractivity contribution in [2.24, 2.45) is 0 Å². The van der Waals surface area contributed by atoms with Crippen molar-refractivity contribution in [1.82, 2.24) is 14.9 Å². The van der Waals surface area contributed by atoms with Gasteiger partial charge in [0.05, 0.1) is 5.69 Å². The fourth-order valence-electron chi connectivity index (χ4n) is 4.49. The van der Waals surface area contributed by atoms with Gasteiger partial charge in [0.2, 0.25) is 0 Å². The number of hydrogen-bond donors (Lipinski definition) is 1. The van der Waals surface area contributed by atoms with Crippen LogP contribution in [-0.4, -0.2) is 34.0 Å². The Kier molecular flexibility index (Phi) is 4.13. The molecule has 1 N–H and O–H groups in total. The summed E-state index contributed by atoms with van der Waals surface area (Å²) >= 11 is 0. The van der Waals surface area contributed by atoms with Gasteiger partial charge < -0.3 is 4.98 Å². The van der Waals surface area contributed by atoms with Crippen molar-refractivity contribution in [2.45, 2.75) is 25.3 Å². The molecule has 0 spiro atoms. The molecule has 136 valence electrons. The molecule has 1 atom stereocenters. The number of aromatic nitrogens is 2. The molecule has 4 heteroatoms. The lowest BCUT2D eigenvalue weighted by molar-refractivity contribution is 0.288. The van der Waals surface area contributed by atoms with Crippen LogP contribution in [0.5, 0.6) is 0 Å². The summed E-state index contributed by atoms with van der Waals surface area (Å²) in [5, 5.41) is 0. The van der Waals surface area contributed by atoms with Crippen molar-refractivity contribution in [1.29, 1.82) is 0 Å². The highest BCUT2D eigenvalue weighted by atomic mass is 19.1. The van der Waals surface area contributed by atoms with E-state index in [-0.39, 0.29) is 5.82 Å². The van der Waals surface area contributed by atoms with E-state index in [1.54, 1.807) is 12.1 Å². The third-order valence-electron chi connectivity index (χ3n) is 5.78. The Morgan fingerprint density at radius 1 is 1.07 bits per heavy atom. The van der Waals surface area contributed by atoms with E-state index in [4.69, 9.17) is 0 Å². The number of pyridine rings is 1. The number of rotatable bonds is 3. The zero-order valence-corrected chi connectivity index (χ0v) is 15.2. The van der Waals surface area contributed by atoms with E-state index in [0.717, 1.165) is 35.3 Å². The number of aromatic amines is 1. The maximum atomic E-state index is 13.9. The lowest BCUT2D eigenvalue weighted by atomic mass is 9.90. The van der Waals surface area contributed by atoms with Gasteiger partial charge in [0.25, 0.3) is 0 Å². The van der Waals surface area contributed by atoms with Crippen molar-refractivity contribution in [3.63, 3.8) is 0 Å². The Morgan fingerprint density at radius 2 is 1.96 bits per heavy atom. The third kappa shape index (κ3) is 3.00. The van der Waals surface area contributed by atoms with Crippen molar-refractivity contribution in [3.8, 4) is 22.4 Å². The minimum atomic E-state index is -0.220. The van der Waals surface area contributed by atoms with Crippen LogP contribution >= 0.6 is 0 Å². The second-order valence-corrected chi connectivity index (χ2v) is 7.39. The summed E-state index contributed by atoms with van der Waals surface area (Å²) in [6.45, 7) is 2.33. The Balaban J connectivity index is 1.66. The normalized spacial score (nSPS) is 19.7. The molecule has 1 saturated heterocycles. The second-order valence-electron chi connectivity index (χ2n) is 7.39. The van der Waals surface area contributed by atoms with E-state index < -0.39 is 0 Å². The molecule has 3 aromatic rings. The van der Waals surface area contributed by atoms with Crippen LogP contribution in [-0.2, 0) is 0 Å². The zero-order valence-electron chi connectivity index (χ0n) is 15.2. The van der Waals surface area contributed by atoms with Crippen molar-refractivity contribution in [2.75, 3.05) is 13.1 Å². The molecule has 0 radical (unpaired) electrons. The molecule has 5 rings (SSSR count). The number of H-pyrrole nitrogens is 1. The molecule has 4 heterocycles. The minimum absolute atomic E-state index is 0.220. The van der Waals surface area contributed by atoms with Crippen LogP contribution in [0.3, 0.4) is 0 Å². The quantitative estimate of drug-likeness (QED) is 0.703. The Hall–Kier alpha value is -2.72.